The molecule has 1 aliphatic carbocycles. The highest BCUT2D eigenvalue weighted by Gasteiger charge is 2.29. The van der Waals surface area contributed by atoms with Crippen molar-refractivity contribution in [2.45, 2.75) is 38.6 Å². The van der Waals surface area contributed by atoms with Crippen molar-refractivity contribution in [2.24, 2.45) is 11.7 Å². The number of anilines is 1. The van der Waals surface area contributed by atoms with Crippen molar-refractivity contribution >= 4 is 11.5 Å². The van der Waals surface area contributed by atoms with Gasteiger partial charge in [0.05, 0.1) is 0 Å². The minimum atomic E-state index is -0.304. The second-order valence-electron chi connectivity index (χ2n) is 5.62. The lowest BCUT2D eigenvalue weighted by molar-refractivity contribution is 0.299. The van der Waals surface area contributed by atoms with E-state index in [2.05, 4.69) is 27.1 Å². The van der Waals surface area contributed by atoms with Crippen molar-refractivity contribution in [3.63, 3.8) is 0 Å². The molecule has 0 spiro atoms. The van der Waals surface area contributed by atoms with Crippen LogP contribution >= 0.6 is 0 Å². The first-order chi connectivity index (χ1) is 10.2. The van der Waals surface area contributed by atoms with Crippen LogP contribution < -0.4 is 16.3 Å². The summed E-state index contributed by atoms with van der Waals surface area (Å²) in [5, 5.41) is 10.8. The molecule has 0 aliphatic heterocycles. The SMILES string of the molecule is CCN(c1ccc2n[nH]c(=O)n2n1)C1CCCCC1CN. The van der Waals surface area contributed by atoms with E-state index in [0.29, 0.717) is 24.2 Å². The first kappa shape index (κ1) is 14.1. The second-order valence-corrected chi connectivity index (χ2v) is 5.62. The Morgan fingerprint density at radius 3 is 3.00 bits per heavy atom. The van der Waals surface area contributed by atoms with Crippen molar-refractivity contribution < 1.29 is 0 Å². The molecule has 0 aromatic carbocycles. The van der Waals surface area contributed by atoms with E-state index in [4.69, 9.17) is 5.73 Å². The largest absolute Gasteiger partial charge is 0.364 e. The third-order valence-electron chi connectivity index (χ3n) is 4.47. The van der Waals surface area contributed by atoms with E-state index in [1.807, 2.05) is 12.1 Å². The number of fused-ring (bicyclic) bond motifs is 1. The molecule has 0 saturated heterocycles. The highest BCUT2D eigenvalue weighted by atomic mass is 16.2. The molecule has 1 fully saturated rings. The van der Waals surface area contributed by atoms with Crippen molar-refractivity contribution in [3.05, 3.63) is 22.6 Å². The average molecular weight is 290 g/mol. The monoisotopic (exact) mass is 290 g/mol. The van der Waals surface area contributed by atoms with Gasteiger partial charge < -0.3 is 10.6 Å². The summed E-state index contributed by atoms with van der Waals surface area (Å²) in [7, 11) is 0. The minimum absolute atomic E-state index is 0.304. The zero-order valence-electron chi connectivity index (χ0n) is 12.3. The number of rotatable bonds is 4. The number of nitrogens with two attached hydrogens (primary N) is 1. The molecule has 7 heteroatoms. The lowest BCUT2D eigenvalue weighted by Crippen LogP contribution is -2.45. The molecule has 114 valence electrons. The quantitative estimate of drug-likeness (QED) is 0.867. The third kappa shape index (κ3) is 2.53. The first-order valence-electron chi connectivity index (χ1n) is 7.65. The van der Waals surface area contributed by atoms with Gasteiger partial charge in [0.2, 0.25) is 0 Å². The van der Waals surface area contributed by atoms with Gasteiger partial charge in [-0.2, -0.15) is 9.61 Å². The molecule has 2 atom stereocenters. The number of hydrogen-bond acceptors (Lipinski definition) is 5. The molecule has 0 radical (unpaired) electrons. The average Bonchev–Trinajstić information content (AvgIpc) is 2.90. The van der Waals surface area contributed by atoms with Crippen molar-refractivity contribution in [1.29, 1.82) is 0 Å². The van der Waals surface area contributed by atoms with E-state index in [-0.39, 0.29) is 5.69 Å². The Balaban J connectivity index is 1.96. The normalized spacial score (nSPS) is 22.6. The van der Waals surface area contributed by atoms with E-state index in [1.165, 1.54) is 23.8 Å². The van der Waals surface area contributed by atoms with Crippen LogP contribution in [0.5, 0.6) is 0 Å². The predicted octanol–water partition coefficient (Wildman–Crippen LogP) is 0.761. The summed E-state index contributed by atoms with van der Waals surface area (Å²) in [6.07, 6.45) is 4.79. The fourth-order valence-corrected chi connectivity index (χ4v) is 3.39. The lowest BCUT2D eigenvalue weighted by Gasteiger charge is -2.39. The molecule has 1 saturated carbocycles. The van der Waals surface area contributed by atoms with Gasteiger partial charge in [-0.25, -0.2) is 9.89 Å². The Hall–Kier alpha value is -1.89. The van der Waals surface area contributed by atoms with Crippen molar-refractivity contribution in [3.8, 4) is 0 Å². The van der Waals surface area contributed by atoms with Crippen LogP contribution in [0.25, 0.3) is 5.65 Å². The summed E-state index contributed by atoms with van der Waals surface area (Å²) in [4.78, 5) is 14.0. The maximum atomic E-state index is 11.7. The third-order valence-corrected chi connectivity index (χ3v) is 4.47. The molecule has 2 aromatic heterocycles. The van der Waals surface area contributed by atoms with Crippen molar-refractivity contribution in [1.82, 2.24) is 19.8 Å². The first-order valence-corrected chi connectivity index (χ1v) is 7.65. The molecule has 2 unspecified atom stereocenters. The van der Waals surface area contributed by atoms with Gasteiger partial charge in [-0.15, -0.1) is 5.10 Å². The summed E-state index contributed by atoms with van der Waals surface area (Å²) >= 11 is 0. The fraction of sp³-hybridized carbons (Fsp3) is 0.643. The highest BCUT2D eigenvalue weighted by molar-refractivity contribution is 5.45. The van der Waals surface area contributed by atoms with Crippen LogP contribution in [0.2, 0.25) is 0 Å². The van der Waals surface area contributed by atoms with Gasteiger partial charge in [0.25, 0.3) is 0 Å². The van der Waals surface area contributed by atoms with E-state index in [0.717, 1.165) is 18.8 Å². The van der Waals surface area contributed by atoms with E-state index in [9.17, 15) is 4.79 Å². The Morgan fingerprint density at radius 2 is 2.24 bits per heavy atom. The smallest absolute Gasteiger partial charge is 0.352 e. The van der Waals surface area contributed by atoms with Gasteiger partial charge in [-0.05, 0) is 44.4 Å². The topological polar surface area (TPSA) is 92.3 Å². The van der Waals surface area contributed by atoms with Crippen LogP contribution in [-0.2, 0) is 0 Å². The summed E-state index contributed by atoms with van der Waals surface area (Å²) < 4.78 is 1.32. The predicted molar refractivity (Wildman–Crippen MR) is 81.4 cm³/mol. The Bertz CT molecular complexity index is 663. The fourth-order valence-electron chi connectivity index (χ4n) is 3.39. The molecule has 0 amide bonds. The standard InChI is InChI=1S/C14H22N6O/c1-2-19(11-6-4-3-5-10(11)9-15)13-8-7-12-16-17-14(21)20(12)18-13/h7-8,10-11H,2-6,9,15H2,1H3,(H,17,21). The van der Waals surface area contributed by atoms with Crippen molar-refractivity contribution in [2.75, 3.05) is 18.0 Å². The number of hydrogen-bond donors (Lipinski definition) is 2. The number of aromatic nitrogens is 4. The lowest BCUT2D eigenvalue weighted by atomic mass is 9.83. The van der Waals surface area contributed by atoms with Gasteiger partial charge in [0.15, 0.2) is 5.65 Å². The van der Waals surface area contributed by atoms with Gasteiger partial charge in [0, 0.05) is 12.6 Å². The van der Waals surface area contributed by atoms with E-state index < -0.39 is 0 Å². The van der Waals surface area contributed by atoms with Gasteiger partial charge in [0.1, 0.15) is 5.82 Å². The van der Waals surface area contributed by atoms with E-state index in [1.54, 1.807) is 0 Å². The second kappa shape index (κ2) is 5.85. The molecule has 1 aliphatic rings. The summed E-state index contributed by atoms with van der Waals surface area (Å²) in [5.74, 6) is 1.32. The Kier molecular flexibility index (Phi) is 3.92. The molecule has 2 aromatic rings. The van der Waals surface area contributed by atoms with E-state index >= 15 is 0 Å². The molecular formula is C14H22N6O. The molecule has 3 rings (SSSR count). The van der Waals surface area contributed by atoms with Gasteiger partial charge in [-0.1, -0.05) is 12.8 Å². The van der Waals surface area contributed by atoms with Crippen LogP contribution in [0.15, 0.2) is 16.9 Å². The number of H-pyrrole nitrogens is 1. The molecule has 21 heavy (non-hydrogen) atoms. The van der Waals surface area contributed by atoms with Crippen LogP contribution in [0, 0.1) is 5.92 Å². The van der Waals surface area contributed by atoms with Crippen LogP contribution in [0.1, 0.15) is 32.6 Å². The summed E-state index contributed by atoms with van der Waals surface area (Å²) in [5.41, 5.74) is 6.18. The van der Waals surface area contributed by atoms with Gasteiger partial charge >= 0.3 is 5.69 Å². The highest BCUT2D eigenvalue weighted by Crippen LogP contribution is 2.30. The molecule has 0 bridgehead atoms. The number of nitrogens with zero attached hydrogens (tertiary/aromatic N) is 4. The maximum Gasteiger partial charge on any atom is 0.364 e. The molecule has 3 N–H and O–H groups in total. The minimum Gasteiger partial charge on any atom is -0.352 e. The maximum absolute atomic E-state index is 11.7. The zero-order valence-corrected chi connectivity index (χ0v) is 12.3. The Morgan fingerprint density at radius 1 is 1.43 bits per heavy atom. The van der Waals surface area contributed by atoms with Crippen LogP contribution in [0.4, 0.5) is 5.82 Å². The summed E-state index contributed by atoms with van der Waals surface area (Å²) in [6.45, 7) is 3.67. The summed E-state index contributed by atoms with van der Waals surface area (Å²) in [6, 6.07) is 4.16. The van der Waals surface area contributed by atoms with Gasteiger partial charge in [-0.3, -0.25) is 0 Å². The molecule has 7 nitrogen and oxygen atoms in total. The Labute approximate surface area is 123 Å². The number of nitrogens with one attached hydrogen (secondary N) is 1. The van der Waals surface area contributed by atoms with Crippen LogP contribution in [0.3, 0.4) is 0 Å². The molecular weight excluding hydrogens is 268 g/mol. The van der Waals surface area contributed by atoms with Crippen LogP contribution in [-0.4, -0.2) is 38.9 Å². The zero-order chi connectivity index (χ0) is 14.8. The molecule has 2 heterocycles. The number of aromatic amines is 1.